The number of carbonyl (C=O) groups is 2. The lowest BCUT2D eigenvalue weighted by molar-refractivity contribution is 0.102. The highest BCUT2D eigenvalue weighted by atomic mass is 35.5. The minimum Gasteiger partial charge on any atom is -0.495 e. The quantitative estimate of drug-likeness (QED) is 0.572. The Morgan fingerprint density at radius 2 is 2.00 bits per heavy atom. The van der Waals surface area contributed by atoms with E-state index in [1.54, 1.807) is 48.4 Å². The maximum absolute atomic E-state index is 12.9. The molecule has 8 nitrogen and oxygen atoms in total. The molecule has 1 aromatic heterocycles. The van der Waals surface area contributed by atoms with Gasteiger partial charge in [0.1, 0.15) is 10.8 Å². The molecule has 10 heteroatoms. The number of likely N-dealkylation sites (tertiary alicyclic amines) is 1. The molecule has 1 fully saturated rings. The van der Waals surface area contributed by atoms with Crippen molar-refractivity contribution in [2.24, 2.45) is 0 Å². The fourth-order valence-corrected chi connectivity index (χ4v) is 4.49. The summed E-state index contributed by atoms with van der Waals surface area (Å²) in [5.74, 6) is 0.219. The highest BCUT2D eigenvalue weighted by Crippen LogP contribution is 2.35. The van der Waals surface area contributed by atoms with Crippen molar-refractivity contribution in [3.63, 3.8) is 0 Å². The summed E-state index contributed by atoms with van der Waals surface area (Å²) in [6.45, 7) is 0.593. The SMILES string of the molecule is COc1ccccc1NC(=O)N1CCC[C@H]1c1nnc(C(=O)Nc2cccc(Cl)c2)s1. The predicted octanol–water partition coefficient (Wildman–Crippen LogP) is 4.82. The van der Waals surface area contributed by atoms with Gasteiger partial charge in [0.15, 0.2) is 0 Å². The molecule has 0 spiro atoms. The molecule has 0 saturated carbocycles. The molecule has 4 rings (SSSR count). The first kappa shape index (κ1) is 21.1. The number of halogens is 1. The predicted molar refractivity (Wildman–Crippen MR) is 120 cm³/mol. The Labute approximate surface area is 188 Å². The second-order valence-electron chi connectivity index (χ2n) is 6.89. The molecule has 2 aromatic carbocycles. The van der Waals surface area contributed by atoms with Crippen LogP contribution in [0.25, 0.3) is 0 Å². The van der Waals surface area contributed by atoms with Gasteiger partial charge in [-0.3, -0.25) is 4.79 Å². The van der Waals surface area contributed by atoms with E-state index < -0.39 is 0 Å². The van der Waals surface area contributed by atoms with Crippen LogP contribution in [-0.4, -0.2) is 40.7 Å². The monoisotopic (exact) mass is 457 g/mol. The molecule has 31 heavy (non-hydrogen) atoms. The molecular weight excluding hydrogens is 438 g/mol. The number of hydrogen-bond acceptors (Lipinski definition) is 6. The Morgan fingerprint density at radius 1 is 1.16 bits per heavy atom. The molecule has 2 heterocycles. The van der Waals surface area contributed by atoms with Gasteiger partial charge in [0.25, 0.3) is 5.91 Å². The lowest BCUT2D eigenvalue weighted by atomic mass is 10.2. The zero-order chi connectivity index (χ0) is 21.8. The molecule has 160 valence electrons. The number of carbonyl (C=O) groups excluding carboxylic acids is 2. The minimum absolute atomic E-state index is 0.229. The zero-order valence-electron chi connectivity index (χ0n) is 16.7. The number of amides is 3. The maximum atomic E-state index is 12.9. The van der Waals surface area contributed by atoms with Crippen molar-refractivity contribution >= 4 is 46.3 Å². The van der Waals surface area contributed by atoms with Crippen molar-refractivity contribution in [1.82, 2.24) is 15.1 Å². The average molecular weight is 458 g/mol. The second kappa shape index (κ2) is 9.32. The number of para-hydroxylation sites is 2. The summed E-state index contributed by atoms with van der Waals surface area (Å²) < 4.78 is 5.30. The Hall–Kier alpha value is -3.17. The third-order valence-electron chi connectivity index (χ3n) is 4.86. The summed E-state index contributed by atoms with van der Waals surface area (Å²) in [6.07, 6.45) is 1.59. The number of ether oxygens (including phenoxy) is 1. The van der Waals surface area contributed by atoms with Crippen molar-refractivity contribution in [1.29, 1.82) is 0 Å². The number of anilines is 2. The van der Waals surface area contributed by atoms with Crippen LogP contribution in [-0.2, 0) is 0 Å². The van der Waals surface area contributed by atoms with Gasteiger partial charge < -0.3 is 20.3 Å². The zero-order valence-corrected chi connectivity index (χ0v) is 18.2. The van der Waals surface area contributed by atoms with E-state index in [4.69, 9.17) is 16.3 Å². The molecule has 2 N–H and O–H groups in total. The highest BCUT2D eigenvalue weighted by Gasteiger charge is 2.33. The Morgan fingerprint density at radius 3 is 2.81 bits per heavy atom. The third-order valence-corrected chi connectivity index (χ3v) is 6.12. The van der Waals surface area contributed by atoms with E-state index in [2.05, 4.69) is 20.8 Å². The van der Waals surface area contributed by atoms with E-state index in [1.165, 1.54) is 11.3 Å². The van der Waals surface area contributed by atoms with E-state index in [1.807, 2.05) is 12.1 Å². The summed E-state index contributed by atoms with van der Waals surface area (Å²) in [7, 11) is 1.56. The fraction of sp³-hybridized carbons (Fsp3) is 0.238. The molecule has 1 saturated heterocycles. The van der Waals surface area contributed by atoms with Crippen LogP contribution in [0.5, 0.6) is 5.75 Å². The standard InChI is InChI=1S/C21H20ClN5O3S/c1-30-17-10-3-2-8-15(17)24-21(29)27-11-5-9-16(27)19-25-26-20(31-19)18(28)23-14-7-4-6-13(22)12-14/h2-4,6-8,10,12,16H,5,9,11H2,1H3,(H,23,28)(H,24,29)/t16-/m0/s1. The lowest BCUT2D eigenvalue weighted by Gasteiger charge is -2.23. The fourth-order valence-electron chi connectivity index (χ4n) is 3.41. The van der Waals surface area contributed by atoms with E-state index in [0.29, 0.717) is 33.7 Å². The second-order valence-corrected chi connectivity index (χ2v) is 8.34. The molecule has 3 amide bonds. The number of methoxy groups -OCH3 is 1. The van der Waals surface area contributed by atoms with Gasteiger partial charge in [-0.2, -0.15) is 0 Å². The number of nitrogens with one attached hydrogen (secondary N) is 2. The molecule has 1 aliphatic heterocycles. The van der Waals surface area contributed by atoms with Crippen molar-refractivity contribution in [3.8, 4) is 5.75 Å². The van der Waals surface area contributed by atoms with Gasteiger partial charge >= 0.3 is 6.03 Å². The van der Waals surface area contributed by atoms with Crippen LogP contribution in [0.15, 0.2) is 48.5 Å². The smallest absolute Gasteiger partial charge is 0.322 e. The molecule has 0 unspecified atom stereocenters. The summed E-state index contributed by atoms with van der Waals surface area (Å²) in [6, 6.07) is 13.6. The van der Waals surface area contributed by atoms with Crippen LogP contribution >= 0.6 is 22.9 Å². The van der Waals surface area contributed by atoms with Gasteiger partial charge in [0, 0.05) is 17.3 Å². The summed E-state index contributed by atoms with van der Waals surface area (Å²) in [4.78, 5) is 27.1. The molecule has 3 aromatic rings. The number of urea groups is 1. The minimum atomic E-state index is -0.367. The molecule has 0 bridgehead atoms. The van der Waals surface area contributed by atoms with E-state index in [-0.39, 0.29) is 23.0 Å². The molecule has 1 atom stereocenters. The number of nitrogens with zero attached hydrogens (tertiary/aromatic N) is 3. The van der Waals surface area contributed by atoms with Crippen LogP contribution in [0.1, 0.15) is 33.7 Å². The highest BCUT2D eigenvalue weighted by molar-refractivity contribution is 7.13. The van der Waals surface area contributed by atoms with Gasteiger partial charge in [-0.15, -0.1) is 10.2 Å². The third kappa shape index (κ3) is 4.78. The van der Waals surface area contributed by atoms with Gasteiger partial charge in [0.05, 0.1) is 18.8 Å². The van der Waals surface area contributed by atoms with Crippen molar-refractivity contribution in [3.05, 3.63) is 63.6 Å². The molecule has 0 aliphatic carbocycles. The molecule has 0 radical (unpaired) electrons. The van der Waals surface area contributed by atoms with Crippen molar-refractivity contribution in [2.75, 3.05) is 24.3 Å². The van der Waals surface area contributed by atoms with Crippen molar-refractivity contribution in [2.45, 2.75) is 18.9 Å². The summed E-state index contributed by atoms with van der Waals surface area (Å²) in [5, 5.41) is 15.3. The first-order valence-electron chi connectivity index (χ1n) is 9.66. The molecular formula is C21H20ClN5O3S. The summed E-state index contributed by atoms with van der Waals surface area (Å²) >= 11 is 7.14. The van der Waals surface area contributed by atoms with Crippen LogP contribution in [0, 0.1) is 0 Å². The van der Waals surface area contributed by atoms with Crippen LogP contribution in [0.3, 0.4) is 0 Å². The van der Waals surface area contributed by atoms with Gasteiger partial charge in [-0.1, -0.05) is 41.1 Å². The first-order valence-corrected chi connectivity index (χ1v) is 10.9. The Bertz CT molecular complexity index is 1110. The Balaban J connectivity index is 1.46. The van der Waals surface area contributed by atoms with Gasteiger partial charge in [0.2, 0.25) is 5.01 Å². The lowest BCUT2D eigenvalue weighted by Crippen LogP contribution is -2.34. The normalized spacial score (nSPS) is 15.5. The first-order chi connectivity index (χ1) is 15.0. The number of benzene rings is 2. The average Bonchev–Trinajstić information content (AvgIpc) is 3.44. The molecule has 1 aliphatic rings. The number of aromatic nitrogens is 2. The number of rotatable bonds is 5. The van der Waals surface area contributed by atoms with Crippen LogP contribution < -0.4 is 15.4 Å². The van der Waals surface area contributed by atoms with E-state index in [0.717, 1.165) is 12.8 Å². The van der Waals surface area contributed by atoms with Gasteiger partial charge in [-0.05, 0) is 43.2 Å². The van der Waals surface area contributed by atoms with E-state index >= 15 is 0 Å². The largest absolute Gasteiger partial charge is 0.495 e. The number of hydrogen-bond donors (Lipinski definition) is 2. The topological polar surface area (TPSA) is 96.4 Å². The van der Waals surface area contributed by atoms with Crippen molar-refractivity contribution < 1.29 is 14.3 Å². The van der Waals surface area contributed by atoms with Crippen LogP contribution in [0.2, 0.25) is 5.02 Å². The maximum Gasteiger partial charge on any atom is 0.322 e. The van der Waals surface area contributed by atoms with Gasteiger partial charge in [-0.25, -0.2) is 4.79 Å². The summed E-state index contributed by atoms with van der Waals surface area (Å²) in [5.41, 5.74) is 1.17. The van der Waals surface area contributed by atoms with Crippen LogP contribution in [0.4, 0.5) is 16.2 Å². The van der Waals surface area contributed by atoms with E-state index in [9.17, 15) is 9.59 Å². The Kier molecular flexibility index (Phi) is 6.34.